The molecule has 1 aliphatic carbocycles. The van der Waals surface area contributed by atoms with E-state index in [1.807, 2.05) is 25.1 Å². The van der Waals surface area contributed by atoms with Crippen molar-refractivity contribution >= 4 is 18.3 Å². The number of methoxy groups -OCH3 is 1. The summed E-state index contributed by atoms with van der Waals surface area (Å²) in [4.78, 5) is 11.9. The van der Waals surface area contributed by atoms with Crippen LogP contribution in [0.3, 0.4) is 0 Å². The number of halogens is 1. The smallest absolute Gasteiger partial charge is 0.224 e. The van der Waals surface area contributed by atoms with Crippen molar-refractivity contribution < 1.29 is 14.3 Å². The molecule has 1 amide bonds. The Kier molecular flexibility index (Phi) is 8.20. The maximum Gasteiger partial charge on any atom is 0.224 e. The van der Waals surface area contributed by atoms with Gasteiger partial charge in [-0.25, -0.2) is 0 Å². The fourth-order valence-electron chi connectivity index (χ4n) is 2.63. The number of carbonyl (C=O) groups is 1. The standard InChI is InChI=1S/C17H26N2O3.ClH/c1-12(10-18)17(20)19-11-13-6-5-9-15(21-2)16(13)22-14-7-3-4-8-14;/h5-6,9,12,14H,3-4,7-8,10-11,18H2,1-2H3,(H,19,20);1H. The predicted octanol–water partition coefficient (Wildman–Crippen LogP) is 2.65. The zero-order valence-electron chi connectivity index (χ0n) is 13.8. The molecule has 1 atom stereocenters. The maximum absolute atomic E-state index is 11.9. The zero-order valence-corrected chi connectivity index (χ0v) is 14.7. The molecule has 1 aromatic carbocycles. The van der Waals surface area contributed by atoms with Crippen molar-refractivity contribution in [2.75, 3.05) is 13.7 Å². The van der Waals surface area contributed by atoms with Gasteiger partial charge in [-0.1, -0.05) is 19.1 Å². The molecule has 3 N–H and O–H groups in total. The molecule has 2 rings (SSSR count). The summed E-state index contributed by atoms with van der Waals surface area (Å²) in [6.07, 6.45) is 4.82. The first-order valence-corrected chi connectivity index (χ1v) is 7.96. The first-order chi connectivity index (χ1) is 10.7. The Morgan fingerprint density at radius 3 is 2.70 bits per heavy atom. The Morgan fingerprint density at radius 1 is 1.39 bits per heavy atom. The van der Waals surface area contributed by atoms with Crippen molar-refractivity contribution in [1.29, 1.82) is 0 Å². The van der Waals surface area contributed by atoms with Crippen molar-refractivity contribution in [2.45, 2.75) is 45.3 Å². The SMILES string of the molecule is COc1cccc(CNC(=O)C(C)CN)c1OC1CCCC1.Cl. The highest BCUT2D eigenvalue weighted by Crippen LogP contribution is 2.34. The van der Waals surface area contributed by atoms with E-state index in [2.05, 4.69) is 5.32 Å². The summed E-state index contributed by atoms with van der Waals surface area (Å²) in [7, 11) is 1.63. The molecular weight excluding hydrogens is 316 g/mol. The lowest BCUT2D eigenvalue weighted by atomic mass is 10.1. The molecule has 1 aliphatic rings. The summed E-state index contributed by atoms with van der Waals surface area (Å²) >= 11 is 0. The first kappa shape index (κ1) is 19.6. The number of amides is 1. The normalized spacial score (nSPS) is 15.6. The second kappa shape index (κ2) is 9.63. The Bertz CT molecular complexity index is 505. The molecule has 0 aliphatic heterocycles. The Morgan fingerprint density at radius 2 is 2.09 bits per heavy atom. The van der Waals surface area contributed by atoms with Crippen LogP contribution in [0.4, 0.5) is 0 Å². The molecule has 1 fully saturated rings. The van der Waals surface area contributed by atoms with Crippen molar-refractivity contribution in [3.63, 3.8) is 0 Å². The number of hydrogen-bond acceptors (Lipinski definition) is 4. The van der Waals surface area contributed by atoms with Crippen LogP contribution in [0.15, 0.2) is 18.2 Å². The van der Waals surface area contributed by atoms with Gasteiger partial charge in [0.2, 0.25) is 5.91 Å². The van der Waals surface area contributed by atoms with Gasteiger partial charge in [0.05, 0.1) is 13.2 Å². The number of carbonyl (C=O) groups excluding carboxylic acids is 1. The summed E-state index contributed by atoms with van der Waals surface area (Å²) in [5, 5.41) is 2.91. The van der Waals surface area contributed by atoms with Gasteiger partial charge in [0.1, 0.15) is 0 Å². The number of rotatable bonds is 7. The van der Waals surface area contributed by atoms with Crippen LogP contribution in [0.2, 0.25) is 0 Å². The molecule has 23 heavy (non-hydrogen) atoms. The lowest BCUT2D eigenvalue weighted by Gasteiger charge is -2.20. The lowest BCUT2D eigenvalue weighted by molar-refractivity contribution is -0.124. The minimum Gasteiger partial charge on any atom is -0.493 e. The number of ether oxygens (including phenoxy) is 2. The molecule has 130 valence electrons. The van der Waals surface area contributed by atoms with E-state index < -0.39 is 0 Å². The van der Waals surface area contributed by atoms with Crippen LogP contribution < -0.4 is 20.5 Å². The molecule has 0 bridgehead atoms. The van der Waals surface area contributed by atoms with E-state index in [0.29, 0.717) is 18.8 Å². The summed E-state index contributed by atoms with van der Waals surface area (Å²) in [6.45, 7) is 2.58. The summed E-state index contributed by atoms with van der Waals surface area (Å²) in [6, 6.07) is 5.76. The van der Waals surface area contributed by atoms with E-state index in [4.69, 9.17) is 15.2 Å². The van der Waals surface area contributed by atoms with Crippen molar-refractivity contribution in [1.82, 2.24) is 5.32 Å². The van der Waals surface area contributed by atoms with Crippen molar-refractivity contribution in [2.24, 2.45) is 11.7 Å². The zero-order chi connectivity index (χ0) is 15.9. The third-order valence-electron chi connectivity index (χ3n) is 4.12. The fraction of sp³-hybridized carbons (Fsp3) is 0.588. The molecule has 5 nitrogen and oxygen atoms in total. The van der Waals surface area contributed by atoms with Gasteiger partial charge in [-0.05, 0) is 31.7 Å². The van der Waals surface area contributed by atoms with E-state index in [0.717, 1.165) is 24.2 Å². The van der Waals surface area contributed by atoms with Crippen LogP contribution in [0.25, 0.3) is 0 Å². The molecule has 1 unspecified atom stereocenters. The minimum absolute atomic E-state index is 0. The average molecular weight is 343 g/mol. The monoisotopic (exact) mass is 342 g/mol. The third-order valence-corrected chi connectivity index (χ3v) is 4.12. The molecular formula is C17H27ClN2O3. The molecule has 0 radical (unpaired) electrons. The maximum atomic E-state index is 11.9. The lowest BCUT2D eigenvalue weighted by Crippen LogP contribution is -2.33. The molecule has 1 saturated carbocycles. The largest absolute Gasteiger partial charge is 0.493 e. The number of para-hydroxylation sites is 1. The highest BCUT2D eigenvalue weighted by molar-refractivity contribution is 5.85. The van der Waals surface area contributed by atoms with Crippen molar-refractivity contribution in [3.8, 4) is 11.5 Å². The molecule has 0 saturated heterocycles. The summed E-state index contributed by atoms with van der Waals surface area (Å²) in [5.74, 6) is 1.23. The van der Waals surface area contributed by atoms with E-state index in [9.17, 15) is 4.79 Å². The predicted molar refractivity (Wildman–Crippen MR) is 93.2 cm³/mol. The van der Waals surface area contributed by atoms with Gasteiger partial charge in [0.15, 0.2) is 11.5 Å². The number of benzene rings is 1. The van der Waals surface area contributed by atoms with Crippen molar-refractivity contribution in [3.05, 3.63) is 23.8 Å². The Labute approximate surface area is 144 Å². The van der Waals surface area contributed by atoms with Gasteiger partial charge in [-0.3, -0.25) is 4.79 Å². The second-order valence-corrected chi connectivity index (χ2v) is 5.83. The number of hydrogen-bond donors (Lipinski definition) is 2. The number of nitrogens with one attached hydrogen (secondary N) is 1. The molecule has 1 aromatic rings. The first-order valence-electron chi connectivity index (χ1n) is 7.96. The Balaban J connectivity index is 0.00000264. The van der Waals surface area contributed by atoms with E-state index >= 15 is 0 Å². The van der Waals surface area contributed by atoms with E-state index in [-0.39, 0.29) is 30.3 Å². The molecule has 0 aromatic heterocycles. The van der Waals surface area contributed by atoms with Gasteiger partial charge in [0.25, 0.3) is 0 Å². The topological polar surface area (TPSA) is 73.6 Å². The van der Waals surface area contributed by atoms with E-state index in [1.165, 1.54) is 12.8 Å². The molecule has 6 heteroatoms. The van der Waals surface area contributed by atoms with Gasteiger partial charge >= 0.3 is 0 Å². The summed E-state index contributed by atoms with van der Waals surface area (Å²) < 4.78 is 11.6. The van der Waals surface area contributed by atoms with Crippen LogP contribution in [0, 0.1) is 5.92 Å². The van der Waals surface area contributed by atoms with Crippen LogP contribution in [-0.4, -0.2) is 25.7 Å². The molecule has 0 heterocycles. The Hall–Kier alpha value is -1.46. The minimum atomic E-state index is -0.190. The quantitative estimate of drug-likeness (QED) is 0.799. The van der Waals surface area contributed by atoms with Crippen LogP contribution in [0.5, 0.6) is 11.5 Å². The van der Waals surface area contributed by atoms with E-state index in [1.54, 1.807) is 7.11 Å². The molecule has 0 spiro atoms. The third kappa shape index (κ3) is 5.29. The van der Waals surface area contributed by atoms with Gasteiger partial charge in [-0.2, -0.15) is 0 Å². The van der Waals surface area contributed by atoms with Gasteiger partial charge < -0.3 is 20.5 Å². The van der Waals surface area contributed by atoms with Gasteiger partial charge in [0, 0.05) is 24.6 Å². The number of nitrogens with two attached hydrogens (primary N) is 1. The van der Waals surface area contributed by atoms with Gasteiger partial charge in [-0.15, -0.1) is 12.4 Å². The average Bonchev–Trinajstić information content (AvgIpc) is 3.05. The van der Waals surface area contributed by atoms with Crippen LogP contribution in [-0.2, 0) is 11.3 Å². The summed E-state index contributed by atoms with van der Waals surface area (Å²) in [5.41, 5.74) is 6.45. The second-order valence-electron chi connectivity index (χ2n) is 5.83. The van der Waals surface area contributed by atoms with Crippen LogP contribution in [0.1, 0.15) is 38.2 Å². The van der Waals surface area contributed by atoms with Crippen LogP contribution >= 0.6 is 12.4 Å². The highest BCUT2D eigenvalue weighted by atomic mass is 35.5. The highest BCUT2D eigenvalue weighted by Gasteiger charge is 2.21. The fourth-order valence-corrected chi connectivity index (χ4v) is 2.63.